The average Bonchev–Trinajstić information content (AvgIpc) is 3.64. The van der Waals surface area contributed by atoms with Gasteiger partial charge in [-0.15, -0.1) is 0 Å². The van der Waals surface area contributed by atoms with Gasteiger partial charge in [-0.3, -0.25) is 9.59 Å². The molecule has 17 atom stereocenters. The highest BCUT2D eigenvalue weighted by atomic mass is 16.8. The first-order valence-corrected chi connectivity index (χ1v) is 21.9. The van der Waals surface area contributed by atoms with E-state index in [1.165, 1.54) is 13.1 Å². The van der Waals surface area contributed by atoms with E-state index in [9.17, 15) is 24.6 Å². The Morgan fingerprint density at radius 2 is 1.69 bits per heavy atom. The number of aliphatic hydroxyl groups excluding tert-OH is 1. The molecule has 5 aliphatic heterocycles. The maximum atomic E-state index is 14.5. The van der Waals surface area contributed by atoms with Gasteiger partial charge in [0.05, 0.1) is 60.3 Å². The van der Waals surface area contributed by atoms with Gasteiger partial charge < -0.3 is 54.4 Å². The Kier molecular flexibility index (Phi) is 15.7. The normalized spacial score (nSPS) is 40.3. The van der Waals surface area contributed by atoms with E-state index in [-0.39, 0.29) is 48.5 Å². The summed E-state index contributed by atoms with van der Waals surface area (Å²) < 4.78 is 44.7. The molecular formula is C44H72N2O12. The number of carbonyl (C=O) groups is 3. The van der Waals surface area contributed by atoms with Crippen molar-refractivity contribution in [3.05, 3.63) is 24.8 Å². The molecule has 0 bridgehead atoms. The molecule has 5 N–H and O–H groups in total. The summed E-state index contributed by atoms with van der Waals surface area (Å²) in [6.07, 6.45) is 6.21. The predicted octanol–water partition coefficient (Wildman–Crippen LogP) is 5.25. The molecule has 0 aromatic rings. The average molecular weight is 821 g/mol. The highest BCUT2D eigenvalue weighted by molar-refractivity contribution is 5.84. The van der Waals surface area contributed by atoms with Crippen molar-refractivity contribution in [2.45, 2.75) is 191 Å². The lowest BCUT2D eigenvalue weighted by Crippen LogP contribution is -2.63. The van der Waals surface area contributed by atoms with E-state index in [1.54, 1.807) is 19.1 Å². The van der Waals surface area contributed by atoms with Gasteiger partial charge in [-0.2, -0.15) is 0 Å². The van der Waals surface area contributed by atoms with Crippen LogP contribution in [0.3, 0.4) is 0 Å². The summed E-state index contributed by atoms with van der Waals surface area (Å²) in [5, 5.41) is 25.2. The lowest BCUT2D eigenvalue weighted by Gasteiger charge is -2.54. The second-order valence-corrected chi connectivity index (χ2v) is 17.6. The zero-order valence-electron chi connectivity index (χ0n) is 36.1. The Balaban J connectivity index is 1.32. The number of esters is 1. The first-order chi connectivity index (χ1) is 27.5. The van der Waals surface area contributed by atoms with E-state index in [0.29, 0.717) is 64.2 Å². The molecule has 14 nitrogen and oxygen atoms in total. The topological polar surface area (TPSA) is 194 Å². The van der Waals surface area contributed by atoms with Crippen LogP contribution < -0.4 is 11.1 Å². The fraction of sp³-hybridized carbons (Fsp3) is 0.841. The van der Waals surface area contributed by atoms with Crippen LogP contribution in [-0.2, 0) is 42.7 Å². The molecule has 58 heavy (non-hydrogen) atoms. The molecule has 0 radical (unpaired) electrons. The third kappa shape index (κ3) is 9.54. The number of ketones is 1. The van der Waals surface area contributed by atoms with Crippen molar-refractivity contribution in [1.82, 2.24) is 5.32 Å². The Morgan fingerprint density at radius 3 is 2.33 bits per heavy atom. The number of Topliss-reactive ketones (excluding diaryl/α,β-unsaturated/α-hetero) is 1. The molecular weight excluding hydrogens is 748 g/mol. The zero-order valence-corrected chi connectivity index (χ0v) is 36.1. The Bertz CT molecular complexity index is 1460. The second kappa shape index (κ2) is 19.5. The number of nitrogens with one attached hydrogen (secondary N) is 1. The summed E-state index contributed by atoms with van der Waals surface area (Å²) in [6.45, 7) is 17.3. The smallest absolute Gasteiger partial charge is 0.407 e. The Hall–Kier alpha value is -2.43. The summed E-state index contributed by atoms with van der Waals surface area (Å²) in [6, 6.07) is -0.863. The highest BCUT2D eigenvalue weighted by Gasteiger charge is 2.61. The van der Waals surface area contributed by atoms with E-state index in [0.717, 1.165) is 6.42 Å². The molecule has 1 amide bonds. The van der Waals surface area contributed by atoms with Gasteiger partial charge in [-0.05, 0) is 89.2 Å². The molecule has 17 unspecified atom stereocenters. The molecule has 5 rings (SSSR count). The van der Waals surface area contributed by atoms with Crippen LogP contribution in [0.1, 0.15) is 119 Å². The SMILES string of the molecule is C=CCOC(=O)C(CC)C1CCCC(C(N)C(O)C(C)C(=O)C(CC)C2OC3(C=CC(OC(=O)NC)C4(CCC(C5CCC(O)(CC)C(C)O5)O4)O3)C(C)CC2C)O1. The van der Waals surface area contributed by atoms with Crippen LogP contribution in [0.15, 0.2) is 24.8 Å². The van der Waals surface area contributed by atoms with Crippen LogP contribution in [0.4, 0.5) is 4.79 Å². The monoisotopic (exact) mass is 821 g/mol. The van der Waals surface area contributed by atoms with Crippen LogP contribution in [-0.4, -0.2) is 114 Å². The van der Waals surface area contributed by atoms with Crippen LogP contribution in [0.25, 0.3) is 0 Å². The van der Waals surface area contributed by atoms with Crippen molar-refractivity contribution >= 4 is 17.8 Å². The van der Waals surface area contributed by atoms with E-state index in [1.807, 2.05) is 34.6 Å². The number of hydrogen-bond acceptors (Lipinski definition) is 13. The summed E-state index contributed by atoms with van der Waals surface area (Å²) in [4.78, 5) is 39.9. The van der Waals surface area contributed by atoms with Crippen LogP contribution in [0.2, 0.25) is 0 Å². The number of hydrogen-bond donors (Lipinski definition) is 4. The molecule has 14 heteroatoms. The quantitative estimate of drug-likeness (QED) is 0.124. The maximum absolute atomic E-state index is 14.5. The van der Waals surface area contributed by atoms with Crippen molar-refractivity contribution in [2.75, 3.05) is 13.7 Å². The predicted molar refractivity (Wildman–Crippen MR) is 215 cm³/mol. The van der Waals surface area contributed by atoms with Crippen LogP contribution in [0.5, 0.6) is 0 Å². The van der Waals surface area contributed by atoms with Gasteiger partial charge in [-0.1, -0.05) is 54.2 Å². The number of nitrogens with two attached hydrogens (primary N) is 1. The summed E-state index contributed by atoms with van der Waals surface area (Å²) in [7, 11) is 1.49. The standard InChI is InChI=1S/C44H72N2O12/c1-10-23-52-40(49)29(11-2)31-15-14-16-34(54-31)36(45)38(48)27(7)37(47)30(12-3)39-25(5)24-26(6)43(57-39)22-19-35(55-41(50)46-9)44(58-43)21-18-33(56-44)32-17-20-42(51,13-4)28(8)53-32/h10,19,22,25-36,38-39,48,51H,1,11-18,20-21,23-24,45H2,2-9H3,(H,46,50). The van der Waals surface area contributed by atoms with Gasteiger partial charge in [-0.25, -0.2) is 4.79 Å². The third-order valence-electron chi connectivity index (χ3n) is 14.0. The third-order valence-corrected chi connectivity index (χ3v) is 14.0. The van der Waals surface area contributed by atoms with Crippen molar-refractivity contribution in [3.63, 3.8) is 0 Å². The minimum atomic E-state index is -1.39. The fourth-order valence-corrected chi connectivity index (χ4v) is 10.1. The molecule has 330 valence electrons. The van der Waals surface area contributed by atoms with Gasteiger partial charge in [0.1, 0.15) is 12.4 Å². The first-order valence-electron chi connectivity index (χ1n) is 21.9. The minimum Gasteiger partial charge on any atom is -0.461 e. The van der Waals surface area contributed by atoms with Crippen molar-refractivity contribution in [1.29, 1.82) is 0 Å². The molecule has 4 fully saturated rings. The minimum absolute atomic E-state index is 0.0405. The highest BCUT2D eigenvalue weighted by Crippen LogP contribution is 2.52. The number of amides is 1. The van der Waals surface area contributed by atoms with Gasteiger partial charge >= 0.3 is 12.1 Å². The van der Waals surface area contributed by atoms with Gasteiger partial charge in [0.25, 0.3) is 0 Å². The summed E-state index contributed by atoms with van der Waals surface area (Å²) in [5.74, 6) is -5.32. The first kappa shape index (κ1) is 46.6. The fourth-order valence-electron chi connectivity index (χ4n) is 10.1. The van der Waals surface area contributed by atoms with Gasteiger partial charge in [0.15, 0.2) is 11.9 Å². The molecule has 2 spiro atoms. The molecule has 0 saturated carbocycles. The number of carbonyl (C=O) groups excluding carboxylic acids is 3. The molecule has 0 aromatic carbocycles. The number of alkyl carbamates (subject to hydrolysis) is 1. The molecule has 0 aromatic heterocycles. The van der Waals surface area contributed by atoms with Crippen LogP contribution >= 0.6 is 0 Å². The number of ether oxygens (including phenoxy) is 7. The van der Waals surface area contributed by atoms with E-state index in [2.05, 4.69) is 18.8 Å². The van der Waals surface area contributed by atoms with Crippen LogP contribution in [0, 0.1) is 29.6 Å². The Labute approximate surface area is 345 Å². The number of aliphatic hydroxyl groups is 2. The molecule has 0 aliphatic carbocycles. The molecule has 5 heterocycles. The van der Waals surface area contributed by atoms with Gasteiger partial charge in [0.2, 0.25) is 5.79 Å². The molecule has 4 saturated heterocycles. The second-order valence-electron chi connectivity index (χ2n) is 17.6. The largest absolute Gasteiger partial charge is 0.461 e. The zero-order chi connectivity index (χ0) is 42.6. The van der Waals surface area contributed by atoms with E-state index < -0.39 is 77.6 Å². The maximum Gasteiger partial charge on any atom is 0.407 e. The van der Waals surface area contributed by atoms with E-state index in [4.69, 9.17) is 38.9 Å². The van der Waals surface area contributed by atoms with Crippen molar-refractivity contribution < 1.29 is 57.8 Å². The van der Waals surface area contributed by atoms with Gasteiger partial charge in [0, 0.05) is 31.2 Å². The lowest BCUT2D eigenvalue weighted by molar-refractivity contribution is -0.400. The Morgan fingerprint density at radius 1 is 1.00 bits per heavy atom. The number of rotatable bonds is 15. The molecule has 5 aliphatic rings. The van der Waals surface area contributed by atoms with Crippen molar-refractivity contribution in [2.24, 2.45) is 35.3 Å². The summed E-state index contributed by atoms with van der Waals surface area (Å²) >= 11 is 0. The summed E-state index contributed by atoms with van der Waals surface area (Å²) in [5.41, 5.74) is 5.79. The lowest BCUT2D eigenvalue weighted by atomic mass is 9.73. The van der Waals surface area contributed by atoms with E-state index >= 15 is 0 Å². The van der Waals surface area contributed by atoms with Crippen molar-refractivity contribution in [3.8, 4) is 0 Å².